The van der Waals surface area contributed by atoms with Gasteiger partial charge in [0.25, 0.3) is 0 Å². The molecule has 3 N–H and O–H groups in total. The first-order chi connectivity index (χ1) is 43.6. The monoisotopic (exact) mass is 1340 g/mol. The quantitative estimate of drug-likeness (QED) is 0.0222. The van der Waals surface area contributed by atoms with Crippen LogP contribution < -0.4 is 0 Å². The van der Waals surface area contributed by atoms with Gasteiger partial charge in [-0.05, 0) is 49.4 Å². The largest absolute Gasteiger partial charge is 0.472 e. The Labute approximate surface area is 556 Å². The van der Waals surface area contributed by atoms with Gasteiger partial charge in [-0.3, -0.25) is 37.3 Å². The Morgan fingerprint density at radius 3 is 0.681 bits per heavy atom. The summed E-state index contributed by atoms with van der Waals surface area (Å²) in [5.41, 5.74) is 0. The minimum atomic E-state index is -4.95. The van der Waals surface area contributed by atoms with Crippen molar-refractivity contribution in [2.75, 3.05) is 39.6 Å². The molecule has 0 aliphatic heterocycles. The molecule has 91 heavy (non-hydrogen) atoms. The number of aliphatic hydroxyl groups is 1. The number of esters is 4. The van der Waals surface area contributed by atoms with E-state index in [0.29, 0.717) is 31.6 Å². The Morgan fingerprint density at radius 2 is 0.462 bits per heavy atom. The fraction of sp³-hybridized carbons (Fsp3) is 0.944. The second kappa shape index (κ2) is 61.6. The molecule has 540 valence electrons. The number of hydrogen-bond acceptors (Lipinski definition) is 15. The van der Waals surface area contributed by atoms with Gasteiger partial charge in [0.15, 0.2) is 12.2 Å². The third-order valence-corrected chi connectivity index (χ3v) is 18.5. The minimum absolute atomic E-state index is 0.104. The van der Waals surface area contributed by atoms with E-state index < -0.39 is 97.5 Å². The van der Waals surface area contributed by atoms with Gasteiger partial charge in [-0.25, -0.2) is 9.13 Å². The van der Waals surface area contributed by atoms with Crippen LogP contribution in [0.3, 0.4) is 0 Å². The van der Waals surface area contributed by atoms with Gasteiger partial charge in [0, 0.05) is 25.7 Å². The molecular formula is C72H140O17P2. The predicted octanol–water partition coefficient (Wildman–Crippen LogP) is 20.5. The van der Waals surface area contributed by atoms with Crippen LogP contribution in [0.4, 0.5) is 0 Å². The first kappa shape index (κ1) is 89.1. The van der Waals surface area contributed by atoms with E-state index in [4.69, 9.17) is 37.0 Å². The zero-order valence-electron chi connectivity index (χ0n) is 59.5. The number of unbranched alkanes of at least 4 members (excludes halogenated alkanes) is 35. The van der Waals surface area contributed by atoms with Crippen molar-refractivity contribution in [1.29, 1.82) is 0 Å². The Balaban J connectivity index is 5.24. The highest BCUT2D eigenvalue weighted by molar-refractivity contribution is 7.47. The lowest BCUT2D eigenvalue weighted by atomic mass is 10.0. The highest BCUT2D eigenvalue weighted by Crippen LogP contribution is 2.45. The number of ether oxygens (including phenoxy) is 4. The van der Waals surface area contributed by atoms with Gasteiger partial charge in [0.05, 0.1) is 26.4 Å². The Morgan fingerprint density at radius 1 is 0.275 bits per heavy atom. The topological polar surface area (TPSA) is 237 Å². The summed E-state index contributed by atoms with van der Waals surface area (Å²) in [6.45, 7) is 14.1. The molecule has 0 fully saturated rings. The van der Waals surface area contributed by atoms with Crippen LogP contribution in [0.25, 0.3) is 0 Å². The maximum atomic E-state index is 13.0. The molecule has 0 bridgehead atoms. The summed E-state index contributed by atoms with van der Waals surface area (Å²) in [4.78, 5) is 72.6. The number of rotatable bonds is 69. The van der Waals surface area contributed by atoms with E-state index in [-0.39, 0.29) is 25.7 Å². The number of hydrogen-bond donors (Lipinski definition) is 3. The number of phosphoric acid groups is 2. The molecule has 2 unspecified atom stereocenters. The van der Waals surface area contributed by atoms with Crippen molar-refractivity contribution in [3.8, 4) is 0 Å². The smallest absolute Gasteiger partial charge is 0.462 e. The van der Waals surface area contributed by atoms with Crippen molar-refractivity contribution in [3.05, 3.63) is 0 Å². The third kappa shape index (κ3) is 66.5. The molecular weight excluding hydrogens is 1200 g/mol. The van der Waals surface area contributed by atoms with Crippen LogP contribution in [0.1, 0.15) is 357 Å². The van der Waals surface area contributed by atoms with Crippen LogP contribution >= 0.6 is 15.6 Å². The molecule has 0 heterocycles. The Kier molecular flexibility index (Phi) is 60.3. The van der Waals surface area contributed by atoms with Gasteiger partial charge in [-0.15, -0.1) is 0 Å². The maximum absolute atomic E-state index is 13.0. The Hall–Kier alpha value is -1.94. The SMILES string of the molecule is CC(C)CCCCCCCCCCCCCCCC(=O)OC[C@H](COP(=O)(O)OC[C@@H](O)COP(=O)(O)OC[C@@H](COC(=O)CCCCCCCCC(C)C)OC(=O)CCCCCCCCCCCCC(C)C)OC(=O)CCCCCCCCCCCCC(C)C. The van der Waals surface area contributed by atoms with E-state index in [2.05, 4.69) is 55.4 Å². The van der Waals surface area contributed by atoms with Gasteiger partial charge < -0.3 is 33.8 Å². The fourth-order valence-electron chi connectivity index (χ4n) is 10.8. The van der Waals surface area contributed by atoms with Crippen molar-refractivity contribution in [1.82, 2.24) is 0 Å². The average molecular weight is 1340 g/mol. The van der Waals surface area contributed by atoms with E-state index in [9.17, 15) is 43.2 Å². The first-order valence-electron chi connectivity index (χ1n) is 37.2. The van der Waals surface area contributed by atoms with Crippen LogP contribution in [0.15, 0.2) is 0 Å². The van der Waals surface area contributed by atoms with E-state index in [1.807, 2.05) is 0 Å². The van der Waals surface area contributed by atoms with Crippen LogP contribution in [0.2, 0.25) is 0 Å². The van der Waals surface area contributed by atoms with Gasteiger partial charge >= 0.3 is 39.5 Å². The summed E-state index contributed by atoms with van der Waals surface area (Å²) in [5, 5.41) is 10.6. The van der Waals surface area contributed by atoms with E-state index >= 15 is 0 Å². The zero-order chi connectivity index (χ0) is 67.5. The number of aliphatic hydroxyl groups excluding tert-OH is 1. The summed E-state index contributed by atoms with van der Waals surface area (Å²) in [5.74, 6) is 0.847. The molecule has 0 aliphatic carbocycles. The van der Waals surface area contributed by atoms with Crippen molar-refractivity contribution in [2.45, 2.75) is 375 Å². The summed E-state index contributed by atoms with van der Waals surface area (Å²) in [6, 6.07) is 0. The highest BCUT2D eigenvalue weighted by Gasteiger charge is 2.30. The number of carbonyl (C=O) groups excluding carboxylic acids is 4. The number of carbonyl (C=O) groups is 4. The van der Waals surface area contributed by atoms with Crippen molar-refractivity contribution in [3.63, 3.8) is 0 Å². The molecule has 0 rings (SSSR count). The first-order valence-corrected chi connectivity index (χ1v) is 40.2. The lowest BCUT2D eigenvalue weighted by Gasteiger charge is -2.21. The molecule has 0 aliphatic rings. The minimum Gasteiger partial charge on any atom is -0.462 e. The van der Waals surface area contributed by atoms with Gasteiger partial charge in [-0.1, -0.05) is 306 Å². The van der Waals surface area contributed by atoms with Crippen LogP contribution in [0.5, 0.6) is 0 Å². The molecule has 19 heteroatoms. The van der Waals surface area contributed by atoms with E-state index in [0.717, 1.165) is 114 Å². The molecule has 17 nitrogen and oxygen atoms in total. The molecule has 0 amide bonds. The van der Waals surface area contributed by atoms with Crippen LogP contribution in [0, 0.1) is 23.7 Å². The predicted molar refractivity (Wildman–Crippen MR) is 367 cm³/mol. The fourth-order valence-corrected chi connectivity index (χ4v) is 12.4. The average Bonchev–Trinajstić information content (AvgIpc) is 2.70. The third-order valence-electron chi connectivity index (χ3n) is 16.6. The molecule has 0 aromatic rings. The lowest BCUT2D eigenvalue weighted by molar-refractivity contribution is -0.161. The summed E-state index contributed by atoms with van der Waals surface area (Å²) >= 11 is 0. The summed E-state index contributed by atoms with van der Waals surface area (Å²) < 4.78 is 68.3. The van der Waals surface area contributed by atoms with Gasteiger partial charge in [0.2, 0.25) is 0 Å². The highest BCUT2D eigenvalue weighted by atomic mass is 31.2. The molecule has 0 saturated heterocycles. The summed E-state index contributed by atoms with van der Waals surface area (Å²) in [6.07, 6.45) is 44.6. The second-order valence-corrected chi connectivity index (χ2v) is 30.8. The van der Waals surface area contributed by atoms with Gasteiger partial charge in [-0.2, -0.15) is 0 Å². The van der Waals surface area contributed by atoms with Crippen LogP contribution in [-0.2, 0) is 65.4 Å². The van der Waals surface area contributed by atoms with Crippen molar-refractivity contribution in [2.24, 2.45) is 23.7 Å². The standard InChI is InChI=1S/C72H140O17P2/c1-62(2)48-40-32-24-18-12-10-9-11-13-21-27-36-44-52-69(74)82-58-67(88-71(76)54-46-38-28-22-16-14-19-25-33-41-49-63(3)4)60-86-90(78,79)84-56-66(73)57-85-91(80,81)87-61-68(59-83-70(75)53-45-37-31-30-35-43-51-65(7)8)89-72(77)55-47-39-29-23-17-15-20-26-34-42-50-64(5)6/h62-68,73H,9-61H2,1-8H3,(H,78,79)(H,80,81)/t66-,67-,68-/m1/s1. The molecule has 0 aromatic carbocycles. The molecule has 0 spiro atoms. The maximum Gasteiger partial charge on any atom is 0.472 e. The van der Waals surface area contributed by atoms with Crippen LogP contribution in [-0.4, -0.2) is 96.7 Å². The zero-order valence-corrected chi connectivity index (χ0v) is 61.3. The van der Waals surface area contributed by atoms with Crippen molar-refractivity contribution >= 4 is 39.5 Å². The number of phosphoric ester groups is 2. The van der Waals surface area contributed by atoms with E-state index in [1.54, 1.807) is 0 Å². The van der Waals surface area contributed by atoms with Crippen molar-refractivity contribution < 1.29 is 80.2 Å². The lowest BCUT2D eigenvalue weighted by Crippen LogP contribution is -2.30. The molecule has 5 atom stereocenters. The Bertz CT molecular complexity index is 1800. The second-order valence-electron chi connectivity index (χ2n) is 27.9. The van der Waals surface area contributed by atoms with Gasteiger partial charge in [0.1, 0.15) is 19.3 Å². The van der Waals surface area contributed by atoms with E-state index in [1.165, 1.54) is 154 Å². The summed E-state index contributed by atoms with van der Waals surface area (Å²) in [7, 11) is -9.91. The molecule has 0 radical (unpaired) electrons. The molecule has 0 aromatic heterocycles. The normalized spacial score (nSPS) is 14.2. The molecule has 0 saturated carbocycles.